The Morgan fingerprint density at radius 3 is 2.84 bits per heavy atom. The summed E-state index contributed by atoms with van der Waals surface area (Å²) in [6.45, 7) is 2.55. The molecule has 1 fully saturated rings. The van der Waals surface area contributed by atoms with Crippen LogP contribution in [0.15, 0.2) is 23.4 Å². The minimum absolute atomic E-state index is 0.178. The van der Waals surface area contributed by atoms with Gasteiger partial charge in [-0.25, -0.2) is 28.1 Å². The SMILES string of the molecule is Cc1cc2ncnn2cc1Nc1nc2c3c(n1)n(C1CCC(F)(F)CC1)c(=O)n3CCC2. The van der Waals surface area contributed by atoms with Crippen LogP contribution in [0.3, 0.4) is 0 Å². The Labute approximate surface area is 181 Å². The largest absolute Gasteiger partial charge is 0.330 e. The average Bonchev–Trinajstić information content (AvgIpc) is 3.32. The number of imidazole rings is 1. The van der Waals surface area contributed by atoms with Gasteiger partial charge in [0.05, 0.1) is 17.6 Å². The molecule has 0 atom stereocenters. The minimum Gasteiger partial charge on any atom is -0.322 e. The fourth-order valence-electron chi connectivity index (χ4n) is 4.91. The van der Waals surface area contributed by atoms with Crippen LogP contribution >= 0.6 is 0 Å². The molecule has 4 aromatic rings. The van der Waals surface area contributed by atoms with Crippen molar-refractivity contribution in [3.05, 3.63) is 40.3 Å². The molecule has 166 valence electrons. The molecule has 0 bridgehead atoms. The van der Waals surface area contributed by atoms with Gasteiger partial charge in [-0.3, -0.25) is 9.13 Å². The summed E-state index contributed by atoms with van der Waals surface area (Å²) in [6.07, 6.45) is 4.94. The highest BCUT2D eigenvalue weighted by Gasteiger charge is 2.37. The van der Waals surface area contributed by atoms with E-state index in [1.54, 1.807) is 13.6 Å². The molecule has 1 aliphatic carbocycles. The highest BCUT2D eigenvalue weighted by atomic mass is 19.3. The molecule has 0 unspecified atom stereocenters. The van der Waals surface area contributed by atoms with Crippen molar-refractivity contribution >= 4 is 28.4 Å². The highest BCUT2D eigenvalue weighted by Crippen LogP contribution is 2.39. The molecule has 32 heavy (non-hydrogen) atoms. The van der Waals surface area contributed by atoms with Gasteiger partial charge in [0.25, 0.3) is 0 Å². The van der Waals surface area contributed by atoms with Crippen molar-refractivity contribution in [2.45, 2.75) is 64.0 Å². The Hall–Kier alpha value is -3.37. The van der Waals surface area contributed by atoms with E-state index in [2.05, 4.69) is 15.4 Å². The lowest BCUT2D eigenvalue weighted by Gasteiger charge is -2.28. The molecule has 4 aromatic heterocycles. The topological polar surface area (TPSA) is 94.9 Å². The molecule has 2 aliphatic rings. The Morgan fingerprint density at radius 2 is 2.03 bits per heavy atom. The van der Waals surface area contributed by atoms with Gasteiger partial charge in [-0.05, 0) is 44.2 Å². The van der Waals surface area contributed by atoms with Crippen molar-refractivity contribution in [1.29, 1.82) is 0 Å². The third-order valence-corrected chi connectivity index (χ3v) is 6.59. The van der Waals surface area contributed by atoms with E-state index in [1.165, 1.54) is 6.33 Å². The van der Waals surface area contributed by atoms with E-state index in [-0.39, 0.29) is 37.4 Å². The lowest BCUT2D eigenvalue weighted by atomic mass is 9.92. The molecular weight excluding hydrogens is 418 g/mol. The van der Waals surface area contributed by atoms with E-state index >= 15 is 0 Å². The summed E-state index contributed by atoms with van der Waals surface area (Å²) in [5.74, 6) is -2.28. The number of aryl methyl sites for hydroxylation is 3. The Morgan fingerprint density at radius 1 is 1.22 bits per heavy atom. The Balaban J connectivity index is 1.46. The fraction of sp³-hybridized carbons (Fsp3) is 0.476. The number of fused-ring (bicyclic) bond motifs is 1. The zero-order valence-electron chi connectivity index (χ0n) is 17.6. The van der Waals surface area contributed by atoms with E-state index < -0.39 is 5.92 Å². The first-order chi connectivity index (χ1) is 15.4. The van der Waals surface area contributed by atoms with Crippen molar-refractivity contribution in [3.8, 4) is 0 Å². The molecule has 6 rings (SSSR count). The first kappa shape index (κ1) is 19.3. The van der Waals surface area contributed by atoms with Crippen molar-refractivity contribution in [3.63, 3.8) is 0 Å². The van der Waals surface area contributed by atoms with Crippen LogP contribution in [0.4, 0.5) is 20.4 Å². The monoisotopic (exact) mass is 440 g/mol. The van der Waals surface area contributed by atoms with Crippen molar-refractivity contribution in [2.75, 3.05) is 5.32 Å². The quantitative estimate of drug-likeness (QED) is 0.525. The lowest BCUT2D eigenvalue weighted by molar-refractivity contribution is -0.0439. The van der Waals surface area contributed by atoms with Crippen molar-refractivity contribution in [2.24, 2.45) is 0 Å². The van der Waals surface area contributed by atoms with Crippen LogP contribution in [0.5, 0.6) is 0 Å². The van der Waals surface area contributed by atoms with E-state index in [0.29, 0.717) is 18.1 Å². The maximum absolute atomic E-state index is 13.7. The van der Waals surface area contributed by atoms with Gasteiger partial charge < -0.3 is 5.32 Å². The number of aromatic nitrogens is 7. The van der Waals surface area contributed by atoms with Gasteiger partial charge in [-0.15, -0.1) is 0 Å². The van der Waals surface area contributed by atoms with E-state index in [0.717, 1.165) is 41.0 Å². The molecular formula is C21H22F2N8O. The van der Waals surface area contributed by atoms with Gasteiger partial charge in [0, 0.05) is 25.4 Å². The summed E-state index contributed by atoms with van der Waals surface area (Å²) in [4.78, 5) is 26.8. The summed E-state index contributed by atoms with van der Waals surface area (Å²) in [6, 6.07) is 1.62. The van der Waals surface area contributed by atoms with Crippen LogP contribution in [0, 0.1) is 6.92 Å². The zero-order valence-corrected chi connectivity index (χ0v) is 17.6. The van der Waals surface area contributed by atoms with Crippen molar-refractivity contribution < 1.29 is 8.78 Å². The number of nitrogens with zero attached hydrogens (tertiary/aromatic N) is 7. The summed E-state index contributed by atoms with van der Waals surface area (Å²) in [5, 5.41) is 7.43. The highest BCUT2D eigenvalue weighted by molar-refractivity contribution is 5.77. The smallest absolute Gasteiger partial charge is 0.322 e. The Kier molecular flexibility index (Phi) is 4.11. The predicted octanol–water partition coefficient (Wildman–Crippen LogP) is 3.38. The standard InChI is InChI=1S/C21H22F2N8O/c1-12-9-16-24-11-25-30(16)10-15(12)27-19-26-14-3-2-8-29-17(14)18(28-19)31(20(29)32)13-4-6-21(22,23)7-5-13/h9-11,13H,2-8H2,1H3,(H,26,27,28). The molecule has 9 nitrogen and oxygen atoms in total. The first-order valence-electron chi connectivity index (χ1n) is 10.9. The summed E-state index contributed by atoms with van der Waals surface area (Å²) >= 11 is 0. The van der Waals surface area contributed by atoms with Crippen LogP contribution in [-0.2, 0) is 13.0 Å². The number of halogens is 2. The van der Waals surface area contributed by atoms with E-state index in [4.69, 9.17) is 9.97 Å². The molecule has 5 heterocycles. The number of nitrogens with one attached hydrogen (secondary N) is 1. The van der Waals surface area contributed by atoms with Crippen molar-refractivity contribution in [1.82, 2.24) is 33.7 Å². The molecule has 11 heteroatoms. The predicted molar refractivity (Wildman–Crippen MR) is 114 cm³/mol. The van der Waals surface area contributed by atoms with Gasteiger partial charge in [-0.2, -0.15) is 10.1 Å². The third-order valence-electron chi connectivity index (χ3n) is 6.59. The minimum atomic E-state index is -2.66. The number of alkyl halides is 2. The lowest BCUT2D eigenvalue weighted by Crippen LogP contribution is -2.33. The van der Waals surface area contributed by atoms with Crippen LogP contribution in [0.1, 0.15) is 49.4 Å². The van der Waals surface area contributed by atoms with Crippen LogP contribution in [0.25, 0.3) is 16.8 Å². The number of pyridine rings is 1. The molecule has 0 amide bonds. The molecule has 0 spiro atoms. The van der Waals surface area contributed by atoms with Gasteiger partial charge in [0.1, 0.15) is 11.8 Å². The van der Waals surface area contributed by atoms with Gasteiger partial charge in [0.15, 0.2) is 11.3 Å². The van der Waals surface area contributed by atoms with Crippen LogP contribution < -0.4 is 11.0 Å². The van der Waals surface area contributed by atoms with Gasteiger partial charge in [-0.1, -0.05) is 0 Å². The van der Waals surface area contributed by atoms with Crippen LogP contribution in [-0.4, -0.2) is 39.6 Å². The number of anilines is 2. The molecule has 1 N–H and O–H groups in total. The summed E-state index contributed by atoms with van der Waals surface area (Å²) in [7, 11) is 0. The average molecular weight is 440 g/mol. The fourth-order valence-corrected chi connectivity index (χ4v) is 4.91. The summed E-state index contributed by atoms with van der Waals surface area (Å²) in [5.41, 5.74) is 4.34. The second kappa shape index (κ2) is 6.81. The van der Waals surface area contributed by atoms with Crippen LogP contribution in [0.2, 0.25) is 0 Å². The molecule has 1 aliphatic heterocycles. The van der Waals surface area contributed by atoms with E-state index in [9.17, 15) is 13.6 Å². The summed E-state index contributed by atoms with van der Waals surface area (Å²) < 4.78 is 32.5. The number of hydrogen-bond donors (Lipinski definition) is 1. The second-order valence-electron chi connectivity index (χ2n) is 8.72. The molecule has 0 aromatic carbocycles. The normalized spacial score (nSPS) is 18.5. The maximum atomic E-state index is 13.7. The molecule has 1 saturated carbocycles. The zero-order chi connectivity index (χ0) is 22.0. The molecule has 0 saturated heterocycles. The number of hydrogen-bond acceptors (Lipinski definition) is 6. The number of rotatable bonds is 3. The van der Waals surface area contributed by atoms with Gasteiger partial charge >= 0.3 is 5.69 Å². The van der Waals surface area contributed by atoms with E-state index in [1.807, 2.05) is 19.2 Å². The third kappa shape index (κ3) is 2.98. The van der Waals surface area contributed by atoms with Gasteiger partial charge in [0.2, 0.25) is 11.9 Å². The first-order valence-corrected chi connectivity index (χ1v) is 10.9. The maximum Gasteiger partial charge on any atom is 0.330 e. The second-order valence-corrected chi connectivity index (χ2v) is 8.72. The Bertz CT molecular complexity index is 1410. The molecule has 0 radical (unpaired) electrons.